The topological polar surface area (TPSA) is 153 Å². The van der Waals surface area contributed by atoms with Gasteiger partial charge in [0.2, 0.25) is 5.91 Å². The predicted molar refractivity (Wildman–Crippen MR) is 223 cm³/mol. The lowest BCUT2D eigenvalue weighted by Gasteiger charge is -2.35. The molecule has 1 aromatic heterocycles. The van der Waals surface area contributed by atoms with Gasteiger partial charge >= 0.3 is 0 Å². The first-order valence-corrected chi connectivity index (χ1v) is 20.2. The van der Waals surface area contributed by atoms with Crippen LogP contribution in [0.5, 0.6) is 5.75 Å². The summed E-state index contributed by atoms with van der Waals surface area (Å²) in [6, 6.07) is 30.0. The van der Waals surface area contributed by atoms with Gasteiger partial charge in [0.15, 0.2) is 5.60 Å². The third-order valence-electron chi connectivity index (χ3n) is 11.1. The zero-order valence-electron chi connectivity index (χ0n) is 33.1. The van der Waals surface area contributed by atoms with Crippen molar-refractivity contribution in [3.8, 4) is 5.75 Å². The molecule has 3 heterocycles. The number of benzene rings is 4. The first-order chi connectivity index (χ1) is 28.3. The van der Waals surface area contributed by atoms with Crippen LogP contribution in [-0.2, 0) is 34.7 Å². The minimum absolute atomic E-state index is 0.0786. The molecule has 4 atom stereocenters. The number of allylic oxidation sites excluding steroid dienone is 1. The molecule has 2 aliphatic heterocycles. The fourth-order valence-electron chi connectivity index (χ4n) is 8.04. The summed E-state index contributed by atoms with van der Waals surface area (Å²) in [5.74, 6) is -0.568. The van der Waals surface area contributed by atoms with Crippen LogP contribution in [0.2, 0.25) is 0 Å². The molecule has 4 aromatic carbocycles. The molecule has 0 aliphatic carbocycles. The highest BCUT2D eigenvalue weighted by atomic mass is 16.5. The maximum absolute atomic E-state index is 14.4. The van der Waals surface area contributed by atoms with E-state index in [-0.39, 0.29) is 31.6 Å². The first-order valence-electron chi connectivity index (χ1n) is 20.2. The van der Waals surface area contributed by atoms with E-state index in [1.54, 1.807) is 14.5 Å². The smallest absolute Gasteiger partial charge is 0.264 e. The van der Waals surface area contributed by atoms with Crippen LogP contribution in [0.25, 0.3) is 0 Å². The number of fused-ring (bicyclic) bond motifs is 2. The highest BCUT2D eigenvalue weighted by molar-refractivity contribution is 6.08. The lowest BCUT2D eigenvalue weighted by Crippen LogP contribution is -2.49. The molecular weight excluding hydrogens is 733 g/mol. The van der Waals surface area contributed by atoms with Gasteiger partial charge in [-0.25, -0.2) is 0 Å². The van der Waals surface area contributed by atoms with E-state index in [1.165, 1.54) is 0 Å². The molecule has 0 spiro atoms. The van der Waals surface area contributed by atoms with Gasteiger partial charge in [-0.2, -0.15) is 0 Å². The zero-order valence-corrected chi connectivity index (χ0v) is 33.1. The second-order valence-corrected chi connectivity index (χ2v) is 14.9. The second-order valence-electron chi connectivity index (χ2n) is 14.9. The summed E-state index contributed by atoms with van der Waals surface area (Å²) < 4.78 is 7.53. The van der Waals surface area contributed by atoms with Crippen LogP contribution >= 0.6 is 0 Å². The van der Waals surface area contributed by atoms with Crippen LogP contribution in [0.3, 0.4) is 0 Å². The molecule has 0 saturated carbocycles. The molecule has 12 heteroatoms. The van der Waals surface area contributed by atoms with Crippen molar-refractivity contribution in [2.75, 3.05) is 36.2 Å². The van der Waals surface area contributed by atoms with Crippen molar-refractivity contribution in [2.45, 2.75) is 70.2 Å². The second kappa shape index (κ2) is 18.3. The molecule has 2 aliphatic rings. The normalized spacial score (nSPS) is 18.7. The van der Waals surface area contributed by atoms with Crippen molar-refractivity contribution in [3.63, 3.8) is 0 Å². The minimum atomic E-state index is -1.79. The number of hydrogen-bond acceptors (Lipinski definition) is 9. The molecule has 0 radical (unpaired) electrons. The molecule has 2 unspecified atom stereocenters. The number of amides is 2. The average molecular weight is 785 g/mol. The summed E-state index contributed by atoms with van der Waals surface area (Å²) in [4.78, 5) is 31.9. The average Bonchev–Trinajstić information content (AvgIpc) is 3.79. The number of aromatic nitrogens is 3. The van der Waals surface area contributed by atoms with E-state index in [9.17, 15) is 24.9 Å². The number of hydrogen-bond donors (Lipinski definition) is 4. The Morgan fingerprint density at radius 2 is 1.78 bits per heavy atom. The van der Waals surface area contributed by atoms with Crippen molar-refractivity contribution in [3.05, 3.63) is 143 Å². The Bertz CT molecular complexity index is 2230. The Labute approximate surface area is 339 Å². The third kappa shape index (κ3) is 8.32. The quantitative estimate of drug-likeness (QED) is 0.0641. The Balaban J connectivity index is 1.07. The molecule has 58 heavy (non-hydrogen) atoms. The van der Waals surface area contributed by atoms with Crippen molar-refractivity contribution >= 4 is 28.9 Å². The summed E-state index contributed by atoms with van der Waals surface area (Å²) in [5.41, 5.74) is 4.29. The third-order valence-corrected chi connectivity index (χ3v) is 11.1. The van der Waals surface area contributed by atoms with Crippen LogP contribution in [-0.4, -0.2) is 74.5 Å². The van der Waals surface area contributed by atoms with Gasteiger partial charge in [0.05, 0.1) is 48.8 Å². The number of carbonyl (C=O) groups excluding carboxylic acids is 2. The number of aliphatic hydroxyl groups excluding tert-OH is 2. The molecule has 0 saturated heterocycles. The van der Waals surface area contributed by atoms with Gasteiger partial charge in [-0.05, 0) is 92.2 Å². The van der Waals surface area contributed by atoms with Crippen molar-refractivity contribution in [1.82, 2.24) is 20.3 Å². The standard InChI is InChI=1S/C46H52N6O6/c1-3-58-37-21-22-42-35(27-37)28-40(47-23-10-12-25-53)44(55)52(42)36-18-13-15-33(26-36)29-51-43-20-8-7-19-39(43)46(57,45(51)56)32(2)14-9-11-24-50-30-41(48-49-50)38(31-54)34-16-5-4-6-17-34/h4-9,13-22,26-27,30,32,38,40,47,53-54,57H,3,10-12,23-25,28-29,31H2,1-2H3/b14-9+/t32-,38?,40?,46+/m1/s1. The Morgan fingerprint density at radius 3 is 2.57 bits per heavy atom. The van der Waals surface area contributed by atoms with Gasteiger partial charge in [0.25, 0.3) is 5.91 Å². The van der Waals surface area contributed by atoms with Crippen molar-refractivity contribution in [2.24, 2.45) is 5.92 Å². The maximum atomic E-state index is 14.4. The SMILES string of the molecule is CCOc1ccc2c(c1)CC(NCCCCO)C(=O)N2c1cccc(CN2C(=O)[C@](O)([C@H](C)/C=C/CCn3cc(C(CO)c4ccccc4)nn3)c3ccccc32)c1. The van der Waals surface area contributed by atoms with Gasteiger partial charge in [0.1, 0.15) is 5.75 Å². The summed E-state index contributed by atoms with van der Waals surface area (Å²) in [6.07, 6.45) is 8.18. The molecule has 0 bridgehead atoms. The monoisotopic (exact) mass is 784 g/mol. The molecular formula is C46H52N6O6. The van der Waals surface area contributed by atoms with Gasteiger partial charge in [0, 0.05) is 36.5 Å². The lowest BCUT2D eigenvalue weighted by molar-refractivity contribution is -0.139. The zero-order chi connectivity index (χ0) is 40.6. The van der Waals surface area contributed by atoms with Crippen LogP contribution in [0.4, 0.5) is 17.1 Å². The van der Waals surface area contributed by atoms with Gasteiger partial charge in [-0.15, -0.1) is 5.10 Å². The van der Waals surface area contributed by atoms with E-state index in [0.29, 0.717) is 61.6 Å². The van der Waals surface area contributed by atoms with E-state index >= 15 is 0 Å². The van der Waals surface area contributed by atoms with Crippen LogP contribution in [0.15, 0.2) is 115 Å². The summed E-state index contributed by atoms with van der Waals surface area (Å²) in [5, 5.41) is 43.6. The number of carbonyl (C=O) groups is 2. The fourth-order valence-corrected chi connectivity index (χ4v) is 8.04. The van der Waals surface area contributed by atoms with Crippen LogP contribution in [0, 0.1) is 5.92 Å². The van der Waals surface area contributed by atoms with E-state index < -0.39 is 23.5 Å². The van der Waals surface area contributed by atoms with Gasteiger partial charge in [-0.1, -0.05) is 85.0 Å². The number of aliphatic hydroxyl groups is 3. The highest BCUT2D eigenvalue weighted by Crippen LogP contribution is 2.46. The molecule has 0 fully saturated rings. The summed E-state index contributed by atoms with van der Waals surface area (Å²) in [6.45, 7) is 5.66. The number of ether oxygens (including phenoxy) is 1. The fraction of sp³-hybridized carbons (Fsp3) is 0.348. The number of nitrogens with zero attached hydrogens (tertiary/aromatic N) is 5. The molecule has 2 amide bonds. The van der Waals surface area contributed by atoms with Crippen LogP contribution < -0.4 is 19.9 Å². The van der Waals surface area contributed by atoms with E-state index in [1.807, 2.05) is 129 Å². The highest BCUT2D eigenvalue weighted by Gasteiger charge is 2.52. The lowest BCUT2D eigenvalue weighted by atomic mass is 9.83. The van der Waals surface area contributed by atoms with Crippen molar-refractivity contribution in [1.29, 1.82) is 0 Å². The summed E-state index contributed by atoms with van der Waals surface area (Å²) >= 11 is 0. The predicted octanol–water partition coefficient (Wildman–Crippen LogP) is 5.77. The molecule has 4 N–H and O–H groups in total. The van der Waals surface area contributed by atoms with E-state index in [4.69, 9.17) is 4.74 Å². The largest absolute Gasteiger partial charge is 0.494 e. The molecule has 302 valence electrons. The number of para-hydroxylation sites is 1. The van der Waals surface area contributed by atoms with Crippen LogP contribution in [0.1, 0.15) is 67.0 Å². The Kier molecular flexibility index (Phi) is 12.8. The minimum Gasteiger partial charge on any atom is -0.494 e. The number of rotatable bonds is 18. The van der Waals surface area contributed by atoms with Gasteiger partial charge < -0.3 is 30.3 Å². The number of nitrogens with one attached hydrogen (secondary N) is 1. The summed E-state index contributed by atoms with van der Waals surface area (Å²) in [7, 11) is 0. The number of anilines is 3. The Morgan fingerprint density at radius 1 is 0.966 bits per heavy atom. The van der Waals surface area contributed by atoms with Gasteiger partial charge in [-0.3, -0.25) is 19.2 Å². The van der Waals surface area contributed by atoms with E-state index in [0.717, 1.165) is 34.5 Å². The number of aryl methyl sites for hydroxylation is 1. The molecule has 12 nitrogen and oxygen atoms in total. The number of unbranched alkanes of at least 4 members (excludes halogenated alkanes) is 1. The molecule has 7 rings (SSSR count). The Hall–Kier alpha value is -5.66. The molecule has 5 aromatic rings. The van der Waals surface area contributed by atoms with Crippen molar-refractivity contribution < 1.29 is 29.6 Å². The van der Waals surface area contributed by atoms with E-state index in [2.05, 4.69) is 15.6 Å². The first kappa shape index (κ1) is 40.5. The maximum Gasteiger partial charge on any atom is 0.264 e.